The number of likely N-dealkylation sites (N-methyl/N-ethyl adjacent to an activating group) is 5. The Morgan fingerprint density at radius 3 is 2.13 bits per heavy atom. The summed E-state index contributed by atoms with van der Waals surface area (Å²) in [5, 5.41) is 22.6. The van der Waals surface area contributed by atoms with E-state index in [4.69, 9.17) is 9.26 Å². The van der Waals surface area contributed by atoms with E-state index in [9.17, 15) is 0 Å². The highest BCUT2D eigenvalue weighted by molar-refractivity contribution is 5.26. The summed E-state index contributed by atoms with van der Waals surface area (Å²) < 4.78 is 14.3. The van der Waals surface area contributed by atoms with Gasteiger partial charge in [-0.25, -0.2) is 9.67 Å². The Morgan fingerprint density at radius 1 is 0.614 bits per heavy atom. The Morgan fingerprint density at radius 2 is 1.31 bits per heavy atom. The molecule has 14 rings (SSSR count). The molecule has 9 aliphatic heterocycles. The number of nitrogens with zero attached hydrogens (tertiary/aromatic N) is 18. The molecule has 2 unspecified atom stereocenters. The smallest absolute Gasteiger partial charge is 0.147 e. The van der Waals surface area contributed by atoms with Gasteiger partial charge in [-0.1, -0.05) is 5.16 Å². The summed E-state index contributed by atoms with van der Waals surface area (Å²) in [7, 11) is 14.9. The molecule has 14 heterocycles. The Bertz CT molecular complexity index is 2130. The second-order valence-corrected chi connectivity index (χ2v) is 20.6. The van der Waals surface area contributed by atoms with E-state index < -0.39 is 0 Å². The van der Waals surface area contributed by atoms with Crippen molar-refractivity contribution < 1.29 is 9.26 Å². The number of rotatable bonds is 0. The van der Waals surface area contributed by atoms with E-state index in [1.165, 1.54) is 86.6 Å². The molecule has 1 N–H and O–H groups in total. The average molecular weight is 968 g/mol. The van der Waals surface area contributed by atoms with Crippen LogP contribution in [-0.2, 0) is 70.1 Å². The molecule has 70 heavy (non-hydrogen) atoms. The molecule has 0 aromatic carbocycles. The van der Waals surface area contributed by atoms with Crippen LogP contribution in [0.5, 0.6) is 0 Å². The van der Waals surface area contributed by atoms with Gasteiger partial charge >= 0.3 is 0 Å². The molecule has 384 valence electrons. The van der Waals surface area contributed by atoms with Crippen LogP contribution < -0.4 is 0 Å². The summed E-state index contributed by atoms with van der Waals surface area (Å²) in [6, 6.07) is 3.67. The highest BCUT2D eigenvalue weighted by atomic mass is 16.5. The van der Waals surface area contributed by atoms with E-state index in [0.717, 1.165) is 128 Å². The maximum atomic E-state index is 5.42. The lowest BCUT2D eigenvalue weighted by atomic mass is 10.1. The molecule has 21 nitrogen and oxygen atoms in total. The van der Waals surface area contributed by atoms with Crippen LogP contribution in [0.15, 0.2) is 48.1 Å². The molecule has 0 radical (unpaired) electrons. The number of aromatic nitrogens is 10. The third-order valence-corrected chi connectivity index (χ3v) is 14.5. The predicted octanol–water partition coefficient (Wildman–Crippen LogP) is 1.52. The number of H-pyrrole nitrogens is 1. The quantitative estimate of drug-likeness (QED) is 0.237. The third kappa shape index (κ3) is 15.0. The van der Waals surface area contributed by atoms with Crippen LogP contribution in [0.4, 0.5) is 0 Å². The first-order chi connectivity index (χ1) is 34.0. The van der Waals surface area contributed by atoms with Crippen molar-refractivity contribution in [3.05, 3.63) is 88.9 Å². The van der Waals surface area contributed by atoms with E-state index >= 15 is 0 Å². The van der Waals surface area contributed by atoms with Crippen LogP contribution in [0.2, 0.25) is 0 Å². The van der Waals surface area contributed by atoms with Crippen molar-refractivity contribution >= 4 is 0 Å². The van der Waals surface area contributed by atoms with E-state index in [2.05, 4.69) is 145 Å². The lowest BCUT2D eigenvalue weighted by Gasteiger charge is -2.42. The molecule has 0 saturated carbocycles. The zero-order valence-electron chi connectivity index (χ0n) is 43.2. The van der Waals surface area contributed by atoms with E-state index in [0.29, 0.717) is 6.04 Å². The summed E-state index contributed by atoms with van der Waals surface area (Å²) in [6.45, 7) is 24.2. The Labute approximate surface area is 415 Å². The van der Waals surface area contributed by atoms with E-state index in [-0.39, 0.29) is 0 Å². The molecule has 2 atom stereocenters. The number of pyridine rings is 1. The fraction of sp³-hybridized carbons (Fsp3) is 0.694. The van der Waals surface area contributed by atoms with Crippen molar-refractivity contribution in [3.63, 3.8) is 0 Å². The maximum absolute atomic E-state index is 5.42. The largest absolute Gasteiger partial charge is 0.378 e. The number of hydrogen-bond acceptors (Lipinski definition) is 18. The summed E-state index contributed by atoms with van der Waals surface area (Å²) in [5.41, 5.74) is 7.81. The number of aromatic amines is 1. The topological polar surface area (TPSA) is 167 Å². The molecular weight excluding hydrogens is 887 g/mol. The van der Waals surface area contributed by atoms with Crippen LogP contribution in [0, 0.1) is 0 Å². The highest BCUT2D eigenvalue weighted by Gasteiger charge is 2.29. The average Bonchev–Trinajstić information content (AvgIpc) is 4.23. The SMILES string of the molecule is CN1CCN2CCCC2C1.CN1CCN2CCOCC2C1.CN1CCc2nocc2C1.CN1CCn2cnnc2C1.CN1CCn2ncnc2C1.CN1Cc2ccncc2C1.CN1Cc2cn[nH]c2C1. The van der Waals surface area contributed by atoms with Crippen LogP contribution >= 0.6 is 0 Å². The molecule has 0 spiro atoms. The van der Waals surface area contributed by atoms with Crippen molar-refractivity contribution in [2.45, 2.75) is 90.2 Å². The number of morpholine rings is 1. The second-order valence-electron chi connectivity index (χ2n) is 20.6. The van der Waals surface area contributed by atoms with Gasteiger partial charge in [0.05, 0.1) is 50.4 Å². The molecule has 4 fully saturated rings. The first kappa shape index (κ1) is 51.8. The molecule has 9 aliphatic rings. The predicted molar refractivity (Wildman–Crippen MR) is 268 cm³/mol. The van der Waals surface area contributed by atoms with E-state index in [1.54, 1.807) is 18.9 Å². The zero-order chi connectivity index (χ0) is 48.8. The number of fused-ring (bicyclic) bond motifs is 7. The van der Waals surface area contributed by atoms with Crippen LogP contribution in [0.1, 0.15) is 58.1 Å². The summed E-state index contributed by atoms with van der Waals surface area (Å²) in [5.74, 6) is 2.16. The lowest BCUT2D eigenvalue weighted by molar-refractivity contribution is -0.0397. The minimum Gasteiger partial charge on any atom is -0.378 e. The van der Waals surface area contributed by atoms with Gasteiger partial charge in [-0.2, -0.15) is 10.2 Å². The van der Waals surface area contributed by atoms with Gasteiger partial charge in [0.25, 0.3) is 0 Å². The third-order valence-electron chi connectivity index (χ3n) is 14.5. The van der Waals surface area contributed by atoms with Gasteiger partial charge in [0.15, 0.2) is 0 Å². The van der Waals surface area contributed by atoms with Crippen LogP contribution in [0.25, 0.3) is 0 Å². The standard InChI is InChI=1S/C8H16N2O.C8H10N2.C8H16N2.C7H10N2O.2C6H10N4.C6H9N3/c1-9-2-3-10-4-5-11-7-8(10)6-9;1-10-5-7-2-3-9-4-8(7)6-10;1-9-5-6-10-4-2-3-8(10)7-9;1-9-3-2-7-6(4-9)5-10-8-7;1-9-2-3-10-5-7-8-6(10)4-9;1-9-2-3-10-6(4-9)7-5-8-10;1-9-3-5-2-7-8-6(5)4-9/h8H,2-7H2,1H3;2-4H,5-6H2,1H3;8H,2-7H2,1H3;3*5H,2-4H2,1H3;2H,3-4H2,1H3,(H,7,8). The first-order valence-electron chi connectivity index (χ1n) is 25.5. The van der Waals surface area contributed by atoms with Gasteiger partial charge in [-0.05, 0) is 85.9 Å². The Hall–Kier alpha value is -4.55. The van der Waals surface area contributed by atoms with Crippen molar-refractivity contribution in [1.82, 2.24) is 94.0 Å². The van der Waals surface area contributed by atoms with E-state index in [1.807, 2.05) is 23.3 Å². The van der Waals surface area contributed by atoms with Gasteiger partial charge in [-0.3, -0.25) is 39.5 Å². The fourth-order valence-electron chi connectivity index (χ4n) is 10.3. The molecule has 0 bridgehead atoms. The van der Waals surface area contributed by atoms with Crippen LogP contribution in [0.3, 0.4) is 0 Å². The minimum atomic E-state index is 0.669. The van der Waals surface area contributed by atoms with Crippen molar-refractivity contribution in [2.75, 3.05) is 135 Å². The number of piperazine rings is 2. The Kier molecular flexibility index (Phi) is 19.0. The van der Waals surface area contributed by atoms with Gasteiger partial charge in [0, 0.05) is 147 Å². The fourth-order valence-corrected chi connectivity index (χ4v) is 10.3. The summed E-state index contributed by atoms with van der Waals surface area (Å²) in [4.78, 5) is 29.5. The molecule has 4 saturated heterocycles. The molecule has 21 heteroatoms. The molecular formula is C49H81N19O2. The lowest BCUT2D eigenvalue weighted by Crippen LogP contribution is -2.56. The zero-order valence-corrected chi connectivity index (χ0v) is 43.2. The highest BCUT2D eigenvalue weighted by Crippen LogP contribution is 2.21. The monoisotopic (exact) mass is 968 g/mol. The maximum Gasteiger partial charge on any atom is 0.147 e. The van der Waals surface area contributed by atoms with Crippen molar-refractivity contribution in [1.29, 1.82) is 0 Å². The van der Waals surface area contributed by atoms with Gasteiger partial charge in [0.1, 0.15) is 30.6 Å². The summed E-state index contributed by atoms with van der Waals surface area (Å²) >= 11 is 0. The van der Waals surface area contributed by atoms with Gasteiger partial charge in [0.2, 0.25) is 0 Å². The summed E-state index contributed by atoms with van der Waals surface area (Å²) in [6.07, 6.45) is 14.8. The molecule has 0 aliphatic carbocycles. The number of nitrogens with one attached hydrogen (secondary N) is 1. The van der Waals surface area contributed by atoms with Crippen molar-refractivity contribution in [2.24, 2.45) is 0 Å². The van der Waals surface area contributed by atoms with Crippen molar-refractivity contribution in [3.8, 4) is 0 Å². The number of ether oxygens (including phenoxy) is 1. The second kappa shape index (κ2) is 25.7. The Balaban J connectivity index is 0.000000110. The minimum absolute atomic E-state index is 0.669. The molecule has 0 amide bonds. The first-order valence-corrected chi connectivity index (χ1v) is 25.5. The van der Waals surface area contributed by atoms with Gasteiger partial charge in [-0.15, -0.1) is 10.2 Å². The number of hydrogen-bond donors (Lipinski definition) is 1. The molecule has 5 aromatic heterocycles. The molecule has 5 aromatic rings. The normalized spacial score (nSPS) is 23.6. The van der Waals surface area contributed by atoms with Gasteiger partial charge < -0.3 is 28.5 Å². The van der Waals surface area contributed by atoms with Crippen LogP contribution in [-0.4, -0.2) is 241 Å².